The van der Waals surface area contributed by atoms with Crippen LogP contribution < -0.4 is 5.32 Å². The van der Waals surface area contributed by atoms with Gasteiger partial charge in [0.25, 0.3) is 0 Å². The lowest BCUT2D eigenvalue weighted by atomic mass is 9.93. The third-order valence-electron chi connectivity index (χ3n) is 6.59. The molecule has 0 spiro atoms. The van der Waals surface area contributed by atoms with Gasteiger partial charge in [-0.15, -0.1) is 0 Å². The smallest absolute Gasteiger partial charge is 0.223 e. The highest BCUT2D eigenvalue weighted by Crippen LogP contribution is 2.20. The summed E-state index contributed by atoms with van der Waals surface area (Å²) in [7, 11) is 0. The molecule has 3 heteroatoms. The molecule has 0 rings (SSSR count). The fraction of sp³-hybridized carbons (Fsp3) is 0.964. The van der Waals surface area contributed by atoms with E-state index in [1.54, 1.807) is 0 Å². The molecule has 0 aliphatic heterocycles. The van der Waals surface area contributed by atoms with Crippen molar-refractivity contribution in [3.63, 3.8) is 0 Å². The number of rotatable bonds is 25. The number of hydrogen-bond acceptors (Lipinski definition) is 2. The molecule has 0 aromatic carbocycles. The number of unbranched alkanes of at least 4 members (excludes halogenated alkanes) is 18. The summed E-state index contributed by atoms with van der Waals surface area (Å²) in [4.78, 5) is 12.5. The summed E-state index contributed by atoms with van der Waals surface area (Å²) in [5.74, 6) is 0.315. The van der Waals surface area contributed by atoms with E-state index in [1.165, 1.54) is 128 Å². The van der Waals surface area contributed by atoms with Crippen LogP contribution in [0.3, 0.4) is 0 Å². The van der Waals surface area contributed by atoms with Crippen LogP contribution >= 0.6 is 0 Å². The second-order valence-corrected chi connectivity index (χ2v) is 9.65. The lowest BCUT2D eigenvalue weighted by Crippen LogP contribution is -2.32. The van der Waals surface area contributed by atoms with Crippen molar-refractivity contribution in [2.45, 2.75) is 155 Å². The van der Waals surface area contributed by atoms with Crippen LogP contribution in [0.4, 0.5) is 0 Å². The highest BCUT2D eigenvalue weighted by Gasteiger charge is 2.17. The van der Waals surface area contributed by atoms with Crippen LogP contribution in [0.15, 0.2) is 0 Å². The van der Waals surface area contributed by atoms with Crippen molar-refractivity contribution in [2.24, 2.45) is 5.92 Å². The zero-order valence-electron chi connectivity index (χ0n) is 21.4. The van der Waals surface area contributed by atoms with Gasteiger partial charge in [-0.25, -0.2) is 0 Å². The minimum atomic E-state index is 0.0367. The van der Waals surface area contributed by atoms with Gasteiger partial charge in [-0.2, -0.15) is 0 Å². The minimum absolute atomic E-state index is 0.0367. The maximum atomic E-state index is 12.5. The van der Waals surface area contributed by atoms with E-state index in [-0.39, 0.29) is 18.4 Å². The number of hydrogen-bond donors (Lipinski definition) is 2. The van der Waals surface area contributed by atoms with Crippen molar-refractivity contribution >= 4 is 5.91 Å². The molecule has 0 radical (unpaired) electrons. The second kappa shape index (κ2) is 25.7. The molecule has 0 atom stereocenters. The van der Waals surface area contributed by atoms with Crippen molar-refractivity contribution in [3.8, 4) is 0 Å². The molecule has 0 saturated heterocycles. The largest absolute Gasteiger partial charge is 0.395 e. The van der Waals surface area contributed by atoms with Gasteiger partial charge in [-0.1, -0.05) is 142 Å². The van der Waals surface area contributed by atoms with Crippen LogP contribution in [0.5, 0.6) is 0 Å². The van der Waals surface area contributed by atoms with Crippen molar-refractivity contribution in [2.75, 3.05) is 13.2 Å². The molecule has 0 saturated carbocycles. The van der Waals surface area contributed by atoms with Crippen LogP contribution in [-0.4, -0.2) is 24.2 Å². The SMILES string of the molecule is CCCCCCCCCCCCC(CCCCCCCCCCCC)C(=O)NCCO. The number of amides is 1. The Bertz CT molecular complexity index is 335. The molecule has 0 aromatic heterocycles. The molecule has 31 heavy (non-hydrogen) atoms. The van der Waals surface area contributed by atoms with Gasteiger partial charge in [0.1, 0.15) is 0 Å². The Labute approximate surface area is 195 Å². The summed E-state index contributed by atoms with van der Waals surface area (Å²) >= 11 is 0. The summed E-state index contributed by atoms with van der Waals surface area (Å²) in [6.07, 6.45) is 28.8. The first-order chi connectivity index (χ1) is 15.3. The summed E-state index contributed by atoms with van der Waals surface area (Å²) in [5.41, 5.74) is 0. The monoisotopic (exact) mass is 439 g/mol. The number of carbonyl (C=O) groups is 1. The van der Waals surface area contributed by atoms with Gasteiger partial charge >= 0.3 is 0 Å². The fourth-order valence-electron chi connectivity index (χ4n) is 4.49. The Hall–Kier alpha value is -0.570. The van der Waals surface area contributed by atoms with E-state index in [1.807, 2.05) is 0 Å². The normalized spacial score (nSPS) is 11.4. The Kier molecular flexibility index (Phi) is 25.2. The van der Waals surface area contributed by atoms with Gasteiger partial charge in [-0.05, 0) is 12.8 Å². The highest BCUT2D eigenvalue weighted by molar-refractivity contribution is 5.78. The molecule has 0 aliphatic rings. The number of aliphatic hydroxyl groups excluding tert-OH is 1. The van der Waals surface area contributed by atoms with Crippen LogP contribution in [0.25, 0.3) is 0 Å². The van der Waals surface area contributed by atoms with E-state index in [0.29, 0.717) is 6.54 Å². The Morgan fingerprint density at radius 1 is 0.581 bits per heavy atom. The summed E-state index contributed by atoms with van der Waals surface area (Å²) in [5, 5.41) is 11.9. The number of carbonyl (C=O) groups excluding carboxylic acids is 1. The van der Waals surface area contributed by atoms with Gasteiger partial charge in [0.2, 0.25) is 5.91 Å². The zero-order valence-corrected chi connectivity index (χ0v) is 21.4. The topological polar surface area (TPSA) is 49.3 Å². The van der Waals surface area contributed by atoms with E-state index in [2.05, 4.69) is 19.2 Å². The molecule has 0 bridgehead atoms. The van der Waals surface area contributed by atoms with Gasteiger partial charge in [0, 0.05) is 12.5 Å². The Morgan fingerprint density at radius 3 is 1.23 bits per heavy atom. The standard InChI is InChI=1S/C28H57NO2/c1-3-5-7-9-11-13-15-17-19-21-23-27(28(31)29-25-26-30)24-22-20-18-16-14-12-10-8-6-4-2/h27,30H,3-26H2,1-2H3,(H,29,31). The first-order valence-electron chi connectivity index (χ1n) is 14.1. The number of nitrogens with one attached hydrogen (secondary N) is 1. The highest BCUT2D eigenvalue weighted by atomic mass is 16.3. The molecule has 0 aliphatic carbocycles. The third-order valence-corrected chi connectivity index (χ3v) is 6.59. The maximum Gasteiger partial charge on any atom is 0.223 e. The van der Waals surface area contributed by atoms with Crippen molar-refractivity contribution in [1.29, 1.82) is 0 Å². The fourth-order valence-corrected chi connectivity index (χ4v) is 4.49. The first-order valence-corrected chi connectivity index (χ1v) is 14.1. The van der Waals surface area contributed by atoms with E-state index in [0.717, 1.165) is 12.8 Å². The second-order valence-electron chi connectivity index (χ2n) is 9.65. The average molecular weight is 440 g/mol. The van der Waals surface area contributed by atoms with Crippen LogP contribution in [0.1, 0.15) is 155 Å². The average Bonchev–Trinajstić information content (AvgIpc) is 2.78. The van der Waals surface area contributed by atoms with Crippen molar-refractivity contribution in [3.05, 3.63) is 0 Å². The Balaban J connectivity index is 3.80. The molecular weight excluding hydrogens is 382 g/mol. The molecule has 0 aromatic rings. The molecule has 1 amide bonds. The third kappa shape index (κ3) is 22.4. The van der Waals surface area contributed by atoms with Crippen LogP contribution in [-0.2, 0) is 4.79 Å². The van der Waals surface area contributed by atoms with Crippen molar-refractivity contribution in [1.82, 2.24) is 5.32 Å². The summed E-state index contributed by atoms with van der Waals surface area (Å²) < 4.78 is 0. The lowest BCUT2D eigenvalue weighted by molar-refractivity contribution is -0.125. The van der Waals surface area contributed by atoms with Crippen LogP contribution in [0.2, 0.25) is 0 Å². The molecule has 3 nitrogen and oxygen atoms in total. The number of aliphatic hydroxyl groups is 1. The first kappa shape index (κ1) is 30.4. The predicted octanol–water partition coefficient (Wildman–Crippen LogP) is 8.33. The van der Waals surface area contributed by atoms with Crippen LogP contribution in [0, 0.1) is 5.92 Å². The minimum Gasteiger partial charge on any atom is -0.395 e. The molecule has 0 unspecified atom stereocenters. The van der Waals surface area contributed by atoms with Gasteiger partial charge in [-0.3, -0.25) is 4.79 Å². The van der Waals surface area contributed by atoms with E-state index in [4.69, 9.17) is 5.11 Å². The molecule has 0 heterocycles. The molecule has 0 fully saturated rings. The summed E-state index contributed by atoms with van der Waals surface area (Å²) in [6.45, 7) is 4.97. The van der Waals surface area contributed by atoms with Gasteiger partial charge in [0.15, 0.2) is 0 Å². The quantitative estimate of drug-likeness (QED) is 0.140. The van der Waals surface area contributed by atoms with E-state index in [9.17, 15) is 4.79 Å². The molecule has 2 N–H and O–H groups in total. The zero-order chi connectivity index (χ0) is 22.8. The van der Waals surface area contributed by atoms with Gasteiger partial charge in [0.05, 0.1) is 6.61 Å². The summed E-state index contributed by atoms with van der Waals surface area (Å²) in [6, 6.07) is 0. The molecule has 186 valence electrons. The Morgan fingerprint density at radius 2 is 0.903 bits per heavy atom. The lowest BCUT2D eigenvalue weighted by Gasteiger charge is -2.16. The van der Waals surface area contributed by atoms with E-state index >= 15 is 0 Å². The maximum absolute atomic E-state index is 12.5. The van der Waals surface area contributed by atoms with E-state index < -0.39 is 0 Å². The van der Waals surface area contributed by atoms with Crippen molar-refractivity contribution < 1.29 is 9.90 Å². The van der Waals surface area contributed by atoms with Gasteiger partial charge < -0.3 is 10.4 Å². The predicted molar refractivity (Wildman–Crippen MR) is 137 cm³/mol. The molecular formula is C28H57NO2.